The van der Waals surface area contributed by atoms with Gasteiger partial charge in [-0.25, -0.2) is 0 Å². The van der Waals surface area contributed by atoms with Gasteiger partial charge in [0.15, 0.2) is 0 Å². The smallest absolute Gasteiger partial charge is 0.113 e. The highest BCUT2D eigenvalue weighted by Gasteiger charge is 1.94. The van der Waals surface area contributed by atoms with Gasteiger partial charge in [-0.1, -0.05) is 30.3 Å². The minimum atomic E-state index is 0.884. The van der Waals surface area contributed by atoms with Gasteiger partial charge < -0.3 is 0 Å². The van der Waals surface area contributed by atoms with Crippen LogP contribution >= 0.6 is 0 Å². The molecule has 0 saturated heterocycles. The van der Waals surface area contributed by atoms with Crippen LogP contribution in [0.1, 0.15) is 0 Å². The van der Waals surface area contributed by atoms with Crippen LogP contribution < -0.4 is 0 Å². The van der Waals surface area contributed by atoms with Crippen LogP contribution in [0.25, 0.3) is 11.3 Å². The van der Waals surface area contributed by atoms with Crippen molar-refractivity contribution in [3.63, 3.8) is 0 Å². The Morgan fingerprint density at radius 2 is 1.83 bits per heavy atom. The van der Waals surface area contributed by atoms with Gasteiger partial charge in [0, 0.05) is 5.56 Å². The number of aromatic nitrogens is 2. The first kappa shape index (κ1) is 6.98. The second-order valence-electron chi connectivity index (χ2n) is 2.41. The van der Waals surface area contributed by atoms with Crippen LogP contribution in [-0.2, 0) is 0 Å². The molecule has 2 rings (SSSR count). The maximum atomic E-state index is 3.94. The third-order valence-corrected chi connectivity index (χ3v) is 1.60. The first-order chi connectivity index (χ1) is 5.97. The highest BCUT2D eigenvalue weighted by atomic mass is 15.1. The molecule has 0 aliphatic rings. The summed E-state index contributed by atoms with van der Waals surface area (Å²) < 4.78 is 0. The van der Waals surface area contributed by atoms with Gasteiger partial charge >= 0.3 is 0 Å². The van der Waals surface area contributed by atoms with Crippen LogP contribution in [0.3, 0.4) is 0 Å². The monoisotopic (exact) mass is 155 g/mol. The van der Waals surface area contributed by atoms with Gasteiger partial charge in [0.25, 0.3) is 0 Å². The van der Waals surface area contributed by atoms with E-state index in [1.807, 2.05) is 36.4 Å². The molecular weight excluding hydrogens is 148 g/mol. The average molecular weight is 155 g/mol. The predicted octanol–water partition coefficient (Wildman–Crippen LogP) is 1.94. The van der Waals surface area contributed by atoms with E-state index in [9.17, 15) is 0 Å². The van der Waals surface area contributed by atoms with Crippen molar-refractivity contribution in [2.75, 3.05) is 0 Å². The Morgan fingerprint density at radius 1 is 1.00 bits per heavy atom. The van der Waals surface area contributed by atoms with Crippen LogP contribution in [0.15, 0.2) is 42.5 Å². The summed E-state index contributed by atoms with van der Waals surface area (Å²) in [6.45, 7) is 0. The van der Waals surface area contributed by atoms with E-state index in [-0.39, 0.29) is 0 Å². The van der Waals surface area contributed by atoms with E-state index >= 15 is 0 Å². The van der Waals surface area contributed by atoms with Crippen LogP contribution in [-0.4, -0.2) is 10.2 Å². The highest BCUT2D eigenvalue weighted by molar-refractivity contribution is 5.57. The molecule has 0 unspecified atom stereocenters. The van der Waals surface area contributed by atoms with Crippen LogP contribution in [0, 0.1) is 6.20 Å². The van der Waals surface area contributed by atoms with Crippen molar-refractivity contribution in [2.45, 2.75) is 0 Å². The summed E-state index contributed by atoms with van der Waals surface area (Å²) in [5.41, 5.74) is 1.97. The minimum Gasteiger partial charge on any atom is -0.150 e. The molecule has 1 aromatic heterocycles. The standard InChI is InChI=1S/C10H7N2/c1-2-5-9(6-3-1)10-7-4-8-11-12-10/h1-7H. The molecule has 0 amide bonds. The van der Waals surface area contributed by atoms with Crippen LogP contribution in [0.5, 0.6) is 0 Å². The molecule has 0 spiro atoms. The first-order valence-electron chi connectivity index (χ1n) is 3.72. The van der Waals surface area contributed by atoms with E-state index in [2.05, 4.69) is 16.4 Å². The van der Waals surface area contributed by atoms with E-state index in [0.717, 1.165) is 11.3 Å². The summed E-state index contributed by atoms with van der Waals surface area (Å²) in [5.74, 6) is 0. The van der Waals surface area contributed by atoms with Crippen molar-refractivity contribution in [1.29, 1.82) is 0 Å². The van der Waals surface area contributed by atoms with Crippen molar-refractivity contribution < 1.29 is 0 Å². The number of nitrogens with zero attached hydrogens (tertiary/aromatic N) is 2. The third-order valence-electron chi connectivity index (χ3n) is 1.60. The lowest BCUT2D eigenvalue weighted by Gasteiger charge is -1.95. The molecule has 12 heavy (non-hydrogen) atoms. The maximum absolute atomic E-state index is 3.94. The molecule has 57 valence electrons. The normalized spacial score (nSPS) is 9.67. The van der Waals surface area contributed by atoms with Gasteiger partial charge in [0.1, 0.15) is 6.20 Å². The Hall–Kier alpha value is -1.70. The van der Waals surface area contributed by atoms with Crippen molar-refractivity contribution in [3.05, 3.63) is 48.7 Å². The maximum Gasteiger partial charge on any atom is 0.113 e. The van der Waals surface area contributed by atoms with Gasteiger partial charge in [-0.2, -0.15) is 0 Å². The summed E-state index contributed by atoms with van der Waals surface area (Å²) in [6, 6.07) is 13.6. The fourth-order valence-corrected chi connectivity index (χ4v) is 1.03. The fourth-order valence-electron chi connectivity index (χ4n) is 1.03. The van der Waals surface area contributed by atoms with E-state index in [1.165, 1.54) is 0 Å². The SMILES string of the molecule is [c]1ccc(-c2ccccc2)nn1. The molecule has 2 aromatic rings. The van der Waals surface area contributed by atoms with Crippen molar-refractivity contribution in [1.82, 2.24) is 10.2 Å². The number of rotatable bonds is 1. The lowest BCUT2D eigenvalue weighted by molar-refractivity contribution is 1.03. The highest BCUT2D eigenvalue weighted by Crippen LogP contribution is 2.13. The summed E-state index contributed by atoms with van der Waals surface area (Å²) in [5, 5.41) is 7.63. The second kappa shape index (κ2) is 3.13. The molecule has 1 radical (unpaired) electrons. The Bertz CT molecular complexity index is 305. The summed E-state index contributed by atoms with van der Waals surface area (Å²) in [7, 11) is 0. The molecule has 0 bridgehead atoms. The molecule has 2 nitrogen and oxygen atoms in total. The molecule has 1 aromatic carbocycles. The van der Waals surface area contributed by atoms with Gasteiger partial charge in [0.2, 0.25) is 0 Å². The zero-order chi connectivity index (χ0) is 8.23. The summed E-state index contributed by atoms with van der Waals surface area (Å²) >= 11 is 0. The number of benzene rings is 1. The van der Waals surface area contributed by atoms with E-state index < -0.39 is 0 Å². The minimum absolute atomic E-state index is 0.884. The van der Waals surface area contributed by atoms with Crippen LogP contribution in [0.4, 0.5) is 0 Å². The number of hydrogen-bond acceptors (Lipinski definition) is 2. The quantitative estimate of drug-likeness (QED) is 0.629. The largest absolute Gasteiger partial charge is 0.150 e. The molecule has 0 atom stereocenters. The van der Waals surface area contributed by atoms with Crippen molar-refractivity contribution in [2.24, 2.45) is 0 Å². The Balaban J connectivity index is 2.46. The van der Waals surface area contributed by atoms with E-state index in [1.54, 1.807) is 6.07 Å². The topological polar surface area (TPSA) is 25.8 Å². The molecule has 0 aliphatic carbocycles. The Kier molecular flexibility index (Phi) is 1.82. The van der Waals surface area contributed by atoms with Gasteiger partial charge in [-0.3, -0.25) is 0 Å². The van der Waals surface area contributed by atoms with Gasteiger partial charge in [0.05, 0.1) is 5.69 Å². The molecular formula is C10H7N2. The zero-order valence-corrected chi connectivity index (χ0v) is 6.44. The van der Waals surface area contributed by atoms with Gasteiger partial charge in [-0.15, -0.1) is 10.2 Å². The molecule has 2 heteroatoms. The van der Waals surface area contributed by atoms with Gasteiger partial charge in [-0.05, 0) is 12.1 Å². The zero-order valence-electron chi connectivity index (χ0n) is 6.44. The molecule has 0 aliphatic heterocycles. The van der Waals surface area contributed by atoms with Crippen LogP contribution in [0.2, 0.25) is 0 Å². The molecule has 0 fully saturated rings. The van der Waals surface area contributed by atoms with Crippen molar-refractivity contribution >= 4 is 0 Å². The molecule has 0 N–H and O–H groups in total. The fraction of sp³-hybridized carbons (Fsp3) is 0. The predicted molar refractivity (Wildman–Crippen MR) is 46.3 cm³/mol. The summed E-state index contributed by atoms with van der Waals surface area (Å²) in [4.78, 5) is 0. The van der Waals surface area contributed by atoms with E-state index in [4.69, 9.17) is 0 Å². The lowest BCUT2D eigenvalue weighted by Crippen LogP contribution is -1.84. The Labute approximate surface area is 70.9 Å². The first-order valence-corrected chi connectivity index (χ1v) is 3.72. The molecule has 1 heterocycles. The average Bonchev–Trinajstić information content (AvgIpc) is 2.21. The molecule has 0 saturated carbocycles. The van der Waals surface area contributed by atoms with Crippen molar-refractivity contribution in [3.8, 4) is 11.3 Å². The van der Waals surface area contributed by atoms with E-state index in [0.29, 0.717) is 0 Å². The second-order valence-corrected chi connectivity index (χ2v) is 2.41. The third kappa shape index (κ3) is 1.32. The summed E-state index contributed by atoms with van der Waals surface area (Å²) in [6.07, 6.45) is 2.64. The Morgan fingerprint density at radius 3 is 2.50 bits per heavy atom. The lowest BCUT2D eigenvalue weighted by atomic mass is 10.1. The number of hydrogen-bond donors (Lipinski definition) is 0.